The van der Waals surface area contributed by atoms with E-state index in [9.17, 15) is 14.4 Å². The van der Waals surface area contributed by atoms with E-state index < -0.39 is 18.0 Å². The zero-order valence-electron chi connectivity index (χ0n) is 11.5. The highest BCUT2D eigenvalue weighted by atomic mass is 16.4. The van der Waals surface area contributed by atoms with E-state index in [1.165, 1.54) is 12.3 Å². The van der Waals surface area contributed by atoms with Crippen LogP contribution in [0.2, 0.25) is 0 Å². The predicted octanol–water partition coefficient (Wildman–Crippen LogP) is -0.190. The third-order valence-electron chi connectivity index (χ3n) is 3.23. The number of urea groups is 1. The van der Waals surface area contributed by atoms with Crippen LogP contribution in [0, 0.1) is 0 Å². The maximum absolute atomic E-state index is 11.7. The number of aromatic carboxylic acids is 1. The highest BCUT2D eigenvalue weighted by molar-refractivity contribution is 5.88. The molecule has 2 heterocycles. The molecule has 0 saturated carbocycles. The van der Waals surface area contributed by atoms with Crippen LogP contribution < -0.4 is 10.6 Å². The van der Waals surface area contributed by atoms with Crippen molar-refractivity contribution in [1.29, 1.82) is 0 Å². The van der Waals surface area contributed by atoms with Gasteiger partial charge in [-0.25, -0.2) is 14.6 Å². The minimum Gasteiger partial charge on any atom is -0.477 e. The maximum atomic E-state index is 11.7. The molecule has 1 aromatic heterocycles. The van der Waals surface area contributed by atoms with Crippen molar-refractivity contribution in [2.24, 2.45) is 0 Å². The van der Waals surface area contributed by atoms with Gasteiger partial charge in [0.05, 0.1) is 0 Å². The number of amides is 3. The average molecular weight is 292 g/mol. The highest BCUT2D eigenvalue weighted by Gasteiger charge is 2.29. The summed E-state index contributed by atoms with van der Waals surface area (Å²) < 4.78 is 0. The molecule has 0 radical (unpaired) electrons. The fourth-order valence-corrected chi connectivity index (χ4v) is 2.00. The highest BCUT2D eigenvalue weighted by Crippen LogP contribution is 2.08. The van der Waals surface area contributed by atoms with Gasteiger partial charge in [0.15, 0.2) is 0 Å². The zero-order valence-corrected chi connectivity index (χ0v) is 11.5. The Morgan fingerprint density at radius 2 is 2.24 bits per heavy atom. The van der Waals surface area contributed by atoms with E-state index in [4.69, 9.17) is 5.11 Å². The smallest absolute Gasteiger partial charge is 0.354 e. The van der Waals surface area contributed by atoms with Crippen molar-refractivity contribution >= 4 is 17.9 Å². The Bertz CT molecular complexity index is 558. The minimum atomic E-state index is -1.10. The van der Waals surface area contributed by atoms with Crippen molar-refractivity contribution in [2.45, 2.75) is 19.0 Å². The van der Waals surface area contributed by atoms with Crippen molar-refractivity contribution in [1.82, 2.24) is 20.5 Å². The van der Waals surface area contributed by atoms with E-state index in [1.54, 1.807) is 18.0 Å². The molecule has 1 aromatic rings. The minimum absolute atomic E-state index is 0.0530. The maximum Gasteiger partial charge on any atom is 0.354 e. The molecule has 2 rings (SSSR count). The largest absolute Gasteiger partial charge is 0.477 e. The van der Waals surface area contributed by atoms with Gasteiger partial charge in [-0.2, -0.15) is 0 Å². The van der Waals surface area contributed by atoms with Crippen molar-refractivity contribution < 1.29 is 19.5 Å². The Kier molecular flexibility index (Phi) is 4.36. The number of nitrogens with zero attached hydrogens (tertiary/aromatic N) is 2. The number of likely N-dealkylation sites (tertiary alicyclic amines) is 1. The topological polar surface area (TPSA) is 112 Å². The number of pyridine rings is 1. The first-order chi connectivity index (χ1) is 9.97. The predicted molar refractivity (Wildman–Crippen MR) is 72.6 cm³/mol. The summed E-state index contributed by atoms with van der Waals surface area (Å²) in [6.45, 7) is 0.833. The lowest BCUT2D eigenvalue weighted by atomic mass is 10.2. The Hall–Kier alpha value is -2.64. The first kappa shape index (κ1) is 14.8. The molecule has 21 heavy (non-hydrogen) atoms. The van der Waals surface area contributed by atoms with Crippen molar-refractivity contribution in [2.75, 3.05) is 13.6 Å². The summed E-state index contributed by atoms with van der Waals surface area (Å²) in [4.78, 5) is 39.3. The van der Waals surface area contributed by atoms with E-state index in [0.29, 0.717) is 18.5 Å². The van der Waals surface area contributed by atoms with Gasteiger partial charge in [0, 0.05) is 26.3 Å². The van der Waals surface area contributed by atoms with Crippen molar-refractivity contribution in [3.8, 4) is 0 Å². The third kappa shape index (κ3) is 3.68. The summed E-state index contributed by atoms with van der Waals surface area (Å²) in [5.74, 6) is -1.20. The van der Waals surface area contributed by atoms with E-state index >= 15 is 0 Å². The normalized spacial score (nSPS) is 17.7. The van der Waals surface area contributed by atoms with Gasteiger partial charge < -0.3 is 20.6 Å². The van der Waals surface area contributed by atoms with Crippen LogP contribution in [0.3, 0.4) is 0 Å². The van der Waals surface area contributed by atoms with E-state index in [0.717, 1.165) is 0 Å². The number of carboxylic acid groups (broad SMARTS) is 1. The molecule has 0 spiro atoms. The van der Waals surface area contributed by atoms with Crippen molar-refractivity contribution in [3.05, 3.63) is 29.6 Å². The van der Waals surface area contributed by atoms with Crippen LogP contribution in [-0.4, -0.2) is 52.5 Å². The zero-order chi connectivity index (χ0) is 15.4. The van der Waals surface area contributed by atoms with Gasteiger partial charge in [0.2, 0.25) is 5.91 Å². The Morgan fingerprint density at radius 1 is 1.48 bits per heavy atom. The summed E-state index contributed by atoms with van der Waals surface area (Å²) >= 11 is 0. The van der Waals surface area contributed by atoms with Crippen LogP contribution in [0.15, 0.2) is 18.3 Å². The van der Waals surface area contributed by atoms with Crippen LogP contribution in [0.4, 0.5) is 4.79 Å². The molecule has 3 N–H and O–H groups in total. The van der Waals surface area contributed by atoms with Crippen LogP contribution in [0.5, 0.6) is 0 Å². The lowest BCUT2D eigenvalue weighted by molar-refractivity contribution is -0.128. The molecule has 1 unspecified atom stereocenters. The molecular formula is C13H16N4O4. The Morgan fingerprint density at radius 3 is 2.76 bits per heavy atom. The first-order valence-corrected chi connectivity index (χ1v) is 6.45. The second kappa shape index (κ2) is 6.21. The average Bonchev–Trinajstić information content (AvgIpc) is 2.77. The lowest BCUT2D eigenvalue weighted by Gasteiger charge is -2.13. The van der Waals surface area contributed by atoms with Gasteiger partial charge in [-0.3, -0.25) is 4.79 Å². The van der Waals surface area contributed by atoms with Crippen LogP contribution in [0.1, 0.15) is 22.5 Å². The second-order valence-electron chi connectivity index (χ2n) is 4.78. The fourth-order valence-electron chi connectivity index (χ4n) is 2.00. The Balaban J connectivity index is 1.81. The number of rotatable bonds is 4. The van der Waals surface area contributed by atoms with E-state index in [2.05, 4.69) is 15.6 Å². The van der Waals surface area contributed by atoms with E-state index in [-0.39, 0.29) is 18.1 Å². The second-order valence-corrected chi connectivity index (χ2v) is 4.78. The summed E-state index contributed by atoms with van der Waals surface area (Å²) in [6, 6.07) is 2.02. The Labute approximate surface area is 121 Å². The molecule has 112 valence electrons. The number of aromatic nitrogens is 1. The number of hydrogen-bond acceptors (Lipinski definition) is 4. The molecule has 1 aliphatic heterocycles. The van der Waals surface area contributed by atoms with E-state index in [1.807, 2.05) is 0 Å². The number of carbonyl (C=O) groups is 3. The molecule has 1 fully saturated rings. The van der Waals surface area contributed by atoms with Crippen molar-refractivity contribution in [3.63, 3.8) is 0 Å². The fraction of sp³-hybridized carbons (Fsp3) is 0.385. The molecule has 8 heteroatoms. The number of hydrogen-bond donors (Lipinski definition) is 3. The summed E-state index contributed by atoms with van der Waals surface area (Å²) in [7, 11) is 1.69. The lowest BCUT2D eigenvalue weighted by Crippen LogP contribution is -2.45. The molecule has 0 bridgehead atoms. The standard InChI is InChI=1S/C13H16N4O4/c1-17-5-4-9(11(17)18)16-13(21)15-7-8-2-3-10(12(19)20)14-6-8/h2-3,6,9H,4-5,7H2,1H3,(H,19,20)(H2,15,16,21). The molecule has 1 aliphatic rings. The number of nitrogens with one attached hydrogen (secondary N) is 2. The molecule has 8 nitrogen and oxygen atoms in total. The van der Waals surface area contributed by atoms with Crippen LogP contribution in [-0.2, 0) is 11.3 Å². The number of carbonyl (C=O) groups excluding carboxylic acids is 2. The number of carboxylic acids is 1. The van der Waals surface area contributed by atoms with Gasteiger partial charge in [0.1, 0.15) is 11.7 Å². The quantitative estimate of drug-likeness (QED) is 0.712. The molecule has 0 aromatic carbocycles. The van der Waals surface area contributed by atoms with Gasteiger partial charge in [0.25, 0.3) is 0 Å². The monoisotopic (exact) mass is 292 g/mol. The van der Waals surface area contributed by atoms with Crippen LogP contribution in [0.25, 0.3) is 0 Å². The van der Waals surface area contributed by atoms with Gasteiger partial charge in [-0.1, -0.05) is 6.07 Å². The summed E-state index contributed by atoms with van der Waals surface area (Å²) in [6.07, 6.45) is 1.98. The molecule has 1 atom stereocenters. The van der Waals surface area contributed by atoms with Gasteiger partial charge >= 0.3 is 12.0 Å². The third-order valence-corrected chi connectivity index (χ3v) is 3.23. The molecule has 0 aliphatic carbocycles. The molecular weight excluding hydrogens is 276 g/mol. The van der Waals surface area contributed by atoms with Gasteiger partial charge in [-0.05, 0) is 18.1 Å². The molecule has 3 amide bonds. The summed E-state index contributed by atoms with van der Waals surface area (Å²) in [5, 5.41) is 13.9. The molecule has 1 saturated heterocycles. The van der Waals surface area contributed by atoms with Crippen LogP contribution >= 0.6 is 0 Å². The SMILES string of the molecule is CN1CCC(NC(=O)NCc2ccc(C(=O)O)nc2)C1=O. The van der Waals surface area contributed by atoms with Gasteiger partial charge in [-0.15, -0.1) is 0 Å². The summed E-state index contributed by atoms with van der Waals surface area (Å²) in [5.41, 5.74) is 0.618. The first-order valence-electron chi connectivity index (χ1n) is 6.45. The number of likely N-dealkylation sites (N-methyl/N-ethyl adjacent to an activating group) is 1.